The molecule has 0 atom stereocenters. The average Bonchev–Trinajstić information content (AvgIpc) is 2.86. The molecule has 1 aromatic carbocycles. The minimum absolute atomic E-state index is 0.252. The van der Waals surface area contributed by atoms with Crippen molar-refractivity contribution in [1.82, 2.24) is 3.97 Å². The van der Waals surface area contributed by atoms with Crippen molar-refractivity contribution in [2.45, 2.75) is 26.7 Å². The van der Waals surface area contributed by atoms with Crippen molar-refractivity contribution in [2.24, 2.45) is 0 Å². The van der Waals surface area contributed by atoms with Gasteiger partial charge in [-0.25, -0.2) is 12.4 Å². The van der Waals surface area contributed by atoms with Gasteiger partial charge in [-0.1, -0.05) is 44.2 Å². The second-order valence-electron chi connectivity index (χ2n) is 4.94. The van der Waals surface area contributed by atoms with Gasteiger partial charge in [0.2, 0.25) is 15.8 Å². The SMILES string of the molecule is CCc1cc(CC)n(S(C)(=O)=O)c1C(=O)c1ccccc1. The molecule has 2 aromatic rings. The van der Waals surface area contributed by atoms with E-state index < -0.39 is 10.0 Å². The third-order valence-electron chi connectivity index (χ3n) is 3.43. The molecule has 0 spiro atoms. The summed E-state index contributed by atoms with van der Waals surface area (Å²) in [5, 5.41) is 0. The molecule has 0 saturated carbocycles. The van der Waals surface area contributed by atoms with Gasteiger partial charge in [0.25, 0.3) is 0 Å². The van der Waals surface area contributed by atoms with Gasteiger partial charge in [-0.05, 0) is 24.5 Å². The van der Waals surface area contributed by atoms with Crippen LogP contribution in [-0.2, 0) is 22.9 Å². The lowest BCUT2D eigenvalue weighted by atomic mass is 10.0. The van der Waals surface area contributed by atoms with E-state index in [0.717, 1.165) is 11.8 Å². The van der Waals surface area contributed by atoms with Crippen LogP contribution in [0, 0.1) is 0 Å². The number of aryl methyl sites for hydroxylation is 2. The van der Waals surface area contributed by atoms with E-state index in [1.165, 1.54) is 3.97 Å². The van der Waals surface area contributed by atoms with E-state index in [9.17, 15) is 13.2 Å². The largest absolute Gasteiger partial charge is 0.287 e. The average molecular weight is 305 g/mol. The van der Waals surface area contributed by atoms with Crippen molar-refractivity contribution in [3.8, 4) is 0 Å². The van der Waals surface area contributed by atoms with Crippen LogP contribution in [0.25, 0.3) is 0 Å². The van der Waals surface area contributed by atoms with Crippen molar-refractivity contribution >= 4 is 15.8 Å². The van der Waals surface area contributed by atoms with Crippen LogP contribution < -0.4 is 0 Å². The Bertz CT molecular complexity index is 758. The Morgan fingerprint density at radius 2 is 1.71 bits per heavy atom. The predicted molar refractivity (Wildman–Crippen MR) is 83.3 cm³/mol. The van der Waals surface area contributed by atoms with Crippen molar-refractivity contribution in [3.05, 3.63) is 58.9 Å². The second-order valence-corrected chi connectivity index (χ2v) is 6.77. The summed E-state index contributed by atoms with van der Waals surface area (Å²) in [7, 11) is -3.52. The summed E-state index contributed by atoms with van der Waals surface area (Å²) >= 11 is 0. The molecule has 1 heterocycles. The van der Waals surface area contributed by atoms with E-state index in [0.29, 0.717) is 24.1 Å². The smallest absolute Gasteiger partial charge is 0.236 e. The normalized spacial score (nSPS) is 11.6. The highest BCUT2D eigenvalue weighted by Crippen LogP contribution is 2.23. The molecule has 5 heteroatoms. The summed E-state index contributed by atoms with van der Waals surface area (Å²) in [5.41, 5.74) is 2.18. The van der Waals surface area contributed by atoms with Gasteiger partial charge < -0.3 is 0 Å². The second kappa shape index (κ2) is 5.85. The van der Waals surface area contributed by atoms with E-state index in [1.54, 1.807) is 24.3 Å². The Kier molecular flexibility index (Phi) is 4.32. The Morgan fingerprint density at radius 3 is 2.19 bits per heavy atom. The van der Waals surface area contributed by atoms with Gasteiger partial charge in [0.05, 0.1) is 6.26 Å². The summed E-state index contributed by atoms with van der Waals surface area (Å²) in [6.07, 6.45) is 2.30. The van der Waals surface area contributed by atoms with Crippen LogP contribution in [0.5, 0.6) is 0 Å². The fraction of sp³-hybridized carbons (Fsp3) is 0.312. The Labute approximate surface area is 125 Å². The van der Waals surface area contributed by atoms with Crippen LogP contribution in [0.1, 0.15) is 41.2 Å². The number of hydrogen-bond donors (Lipinski definition) is 0. The van der Waals surface area contributed by atoms with Crippen molar-refractivity contribution < 1.29 is 13.2 Å². The van der Waals surface area contributed by atoms with Gasteiger partial charge in [-0.3, -0.25) is 4.79 Å². The van der Waals surface area contributed by atoms with Crippen LogP contribution in [0.15, 0.2) is 36.4 Å². The molecule has 112 valence electrons. The van der Waals surface area contributed by atoms with Gasteiger partial charge in [-0.15, -0.1) is 0 Å². The molecular weight excluding hydrogens is 286 g/mol. The molecule has 0 aliphatic rings. The summed E-state index contributed by atoms with van der Waals surface area (Å²) in [6, 6.07) is 10.6. The molecule has 0 N–H and O–H groups in total. The predicted octanol–water partition coefficient (Wildman–Crippen LogP) is 2.65. The molecule has 0 radical (unpaired) electrons. The molecule has 4 nitrogen and oxygen atoms in total. The zero-order valence-corrected chi connectivity index (χ0v) is 13.3. The number of rotatable bonds is 5. The van der Waals surface area contributed by atoms with E-state index >= 15 is 0 Å². The minimum atomic E-state index is -3.52. The summed E-state index contributed by atoms with van der Waals surface area (Å²) in [6.45, 7) is 3.80. The maximum Gasteiger partial charge on any atom is 0.236 e. The quantitative estimate of drug-likeness (QED) is 0.798. The molecule has 0 fully saturated rings. The van der Waals surface area contributed by atoms with Gasteiger partial charge in [0, 0.05) is 11.3 Å². The first-order valence-electron chi connectivity index (χ1n) is 6.93. The van der Waals surface area contributed by atoms with Crippen LogP contribution in [-0.4, -0.2) is 24.4 Å². The highest BCUT2D eigenvalue weighted by Gasteiger charge is 2.25. The molecular formula is C16H19NO3S. The lowest BCUT2D eigenvalue weighted by Gasteiger charge is -2.11. The lowest BCUT2D eigenvalue weighted by molar-refractivity contribution is 0.103. The number of nitrogens with zero attached hydrogens (tertiary/aromatic N) is 1. The van der Waals surface area contributed by atoms with Crippen LogP contribution in [0.3, 0.4) is 0 Å². The first-order chi connectivity index (χ1) is 9.90. The maximum absolute atomic E-state index is 12.7. The monoisotopic (exact) mass is 305 g/mol. The zero-order valence-electron chi connectivity index (χ0n) is 12.5. The number of hydrogen-bond acceptors (Lipinski definition) is 3. The number of carbonyl (C=O) groups is 1. The van der Waals surface area contributed by atoms with Crippen molar-refractivity contribution in [1.29, 1.82) is 0 Å². The Hall–Kier alpha value is -1.88. The summed E-state index contributed by atoms with van der Waals surface area (Å²) in [4.78, 5) is 12.7. The number of benzene rings is 1. The summed E-state index contributed by atoms with van der Waals surface area (Å²) < 4.78 is 25.4. The van der Waals surface area contributed by atoms with Crippen LogP contribution in [0.4, 0.5) is 0 Å². The van der Waals surface area contributed by atoms with Crippen molar-refractivity contribution in [3.63, 3.8) is 0 Å². The third-order valence-corrected chi connectivity index (χ3v) is 4.52. The number of carbonyl (C=O) groups excluding carboxylic acids is 1. The van der Waals surface area contributed by atoms with E-state index in [4.69, 9.17) is 0 Å². The molecule has 0 amide bonds. The minimum Gasteiger partial charge on any atom is -0.287 e. The highest BCUT2D eigenvalue weighted by molar-refractivity contribution is 7.89. The van der Waals surface area contributed by atoms with E-state index in [1.807, 2.05) is 26.0 Å². The molecule has 0 aliphatic heterocycles. The Balaban J connectivity index is 2.73. The van der Waals surface area contributed by atoms with Gasteiger partial charge in [0.15, 0.2) is 0 Å². The van der Waals surface area contributed by atoms with Crippen molar-refractivity contribution in [2.75, 3.05) is 6.26 Å². The molecule has 0 aliphatic carbocycles. The number of ketones is 1. The number of aromatic nitrogens is 1. The molecule has 0 bridgehead atoms. The molecule has 21 heavy (non-hydrogen) atoms. The first kappa shape index (κ1) is 15.5. The standard InChI is InChI=1S/C16H19NO3S/c1-4-12-11-14(5-2)17(21(3,19)20)15(12)16(18)13-9-7-6-8-10-13/h6-11H,4-5H2,1-3H3. The van der Waals surface area contributed by atoms with Gasteiger partial charge in [0.1, 0.15) is 5.69 Å². The van der Waals surface area contributed by atoms with Crippen LogP contribution >= 0.6 is 0 Å². The molecule has 2 rings (SSSR count). The fourth-order valence-corrected chi connectivity index (χ4v) is 3.60. The highest BCUT2D eigenvalue weighted by atomic mass is 32.2. The van der Waals surface area contributed by atoms with Gasteiger partial charge >= 0.3 is 0 Å². The van der Waals surface area contributed by atoms with Crippen LogP contribution in [0.2, 0.25) is 0 Å². The van der Waals surface area contributed by atoms with E-state index in [2.05, 4.69) is 0 Å². The zero-order chi connectivity index (χ0) is 15.6. The van der Waals surface area contributed by atoms with Gasteiger partial charge in [-0.2, -0.15) is 0 Å². The topological polar surface area (TPSA) is 56.1 Å². The molecule has 0 saturated heterocycles. The Morgan fingerprint density at radius 1 is 1.10 bits per heavy atom. The summed E-state index contributed by atoms with van der Waals surface area (Å²) in [5.74, 6) is -0.252. The first-order valence-corrected chi connectivity index (χ1v) is 8.78. The molecule has 1 aromatic heterocycles. The van der Waals surface area contributed by atoms with E-state index in [-0.39, 0.29) is 11.5 Å². The third kappa shape index (κ3) is 2.93. The lowest BCUT2D eigenvalue weighted by Crippen LogP contribution is -2.20. The fourth-order valence-electron chi connectivity index (χ4n) is 2.46. The molecule has 0 unspecified atom stereocenters. The maximum atomic E-state index is 12.7.